The van der Waals surface area contributed by atoms with Gasteiger partial charge in [0.25, 0.3) is 0 Å². The van der Waals surface area contributed by atoms with E-state index in [1.54, 1.807) is 0 Å². The second-order valence-corrected chi connectivity index (χ2v) is 3.27. The average Bonchev–Trinajstić information content (AvgIpc) is 1.96. The quantitative estimate of drug-likeness (QED) is 0.352. The Morgan fingerprint density at radius 3 is 2.25 bits per heavy atom. The van der Waals surface area contributed by atoms with Gasteiger partial charge in [0, 0.05) is 6.54 Å². The normalized spacial score (nSPS) is 10.2. The highest BCUT2D eigenvalue weighted by atomic mass is 16.5. The minimum atomic E-state index is 0.751. The summed E-state index contributed by atoms with van der Waals surface area (Å²) in [6.07, 6.45) is 0.980. The van der Waals surface area contributed by atoms with E-state index >= 15 is 0 Å². The molecular formula is C9H21N2O+. The van der Waals surface area contributed by atoms with Crippen molar-refractivity contribution in [1.29, 1.82) is 0 Å². The molecule has 0 heterocycles. The second kappa shape index (κ2) is 6.00. The Bertz CT molecular complexity index is 149. The van der Waals surface area contributed by atoms with Crippen molar-refractivity contribution < 1.29 is 9.31 Å². The Hall–Kier alpha value is -0.570. The predicted molar refractivity (Wildman–Crippen MR) is 51.9 cm³/mol. The van der Waals surface area contributed by atoms with Gasteiger partial charge in [-0.25, -0.2) is 4.58 Å². The molecule has 3 nitrogen and oxygen atoms in total. The van der Waals surface area contributed by atoms with Gasteiger partial charge in [-0.3, -0.25) is 0 Å². The third-order valence-corrected chi connectivity index (χ3v) is 1.58. The van der Waals surface area contributed by atoms with Crippen LogP contribution in [0.5, 0.6) is 0 Å². The molecule has 0 unspecified atom stereocenters. The summed E-state index contributed by atoms with van der Waals surface area (Å²) < 4.78 is 7.50. The van der Waals surface area contributed by atoms with Gasteiger partial charge in [-0.05, 0) is 21.0 Å². The summed E-state index contributed by atoms with van der Waals surface area (Å²) in [5, 5.41) is 0. The van der Waals surface area contributed by atoms with E-state index in [4.69, 9.17) is 4.74 Å². The lowest BCUT2D eigenvalue weighted by molar-refractivity contribution is -0.476. The average molecular weight is 173 g/mol. The third-order valence-electron chi connectivity index (χ3n) is 1.58. The van der Waals surface area contributed by atoms with Crippen LogP contribution in [0.4, 0.5) is 0 Å². The Kier molecular flexibility index (Phi) is 5.72. The summed E-state index contributed by atoms with van der Waals surface area (Å²) in [5.74, 6) is 1.06. The van der Waals surface area contributed by atoms with Crippen molar-refractivity contribution in [3.63, 3.8) is 0 Å². The standard InChI is InChI=1S/C9H21N2O/c1-6-12-9(11(4)5)7-8-10(2)3/h6-8H2,1-5H3/q+1. The van der Waals surface area contributed by atoms with E-state index in [0.29, 0.717) is 0 Å². The van der Waals surface area contributed by atoms with Crippen LogP contribution in [-0.2, 0) is 4.74 Å². The first-order valence-corrected chi connectivity index (χ1v) is 4.38. The number of hydrogen-bond donors (Lipinski definition) is 0. The molecule has 0 aliphatic carbocycles. The summed E-state index contributed by atoms with van der Waals surface area (Å²) in [7, 11) is 8.17. The molecule has 0 saturated heterocycles. The number of hydrogen-bond acceptors (Lipinski definition) is 2. The fraction of sp³-hybridized carbons (Fsp3) is 0.889. The van der Waals surface area contributed by atoms with E-state index in [1.807, 2.05) is 25.6 Å². The summed E-state index contributed by atoms with van der Waals surface area (Å²) in [4.78, 5) is 2.16. The van der Waals surface area contributed by atoms with Crippen molar-refractivity contribution in [2.45, 2.75) is 13.3 Å². The lowest BCUT2D eigenvalue weighted by Gasteiger charge is -2.09. The highest BCUT2D eigenvalue weighted by molar-refractivity contribution is 5.70. The van der Waals surface area contributed by atoms with Crippen LogP contribution in [0.3, 0.4) is 0 Å². The van der Waals surface area contributed by atoms with E-state index < -0.39 is 0 Å². The molecule has 0 N–H and O–H groups in total. The monoisotopic (exact) mass is 173 g/mol. The Labute approximate surface area is 75.6 Å². The SMILES string of the molecule is CCOC(CCN(C)C)=[N+](C)C. The van der Waals surface area contributed by atoms with E-state index in [1.165, 1.54) is 0 Å². The maximum Gasteiger partial charge on any atom is 0.337 e. The number of rotatable bonds is 4. The molecule has 72 valence electrons. The zero-order chi connectivity index (χ0) is 9.56. The van der Waals surface area contributed by atoms with Crippen LogP contribution in [0, 0.1) is 0 Å². The van der Waals surface area contributed by atoms with E-state index in [2.05, 4.69) is 19.0 Å². The van der Waals surface area contributed by atoms with E-state index in [9.17, 15) is 0 Å². The summed E-state index contributed by atoms with van der Waals surface area (Å²) in [6, 6.07) is 0. The van der Waals surface area contributed by atoms with Crippen LogP contribution >= 0.6 is 0 Å². The molecule has 0 rings (SSSR count). The van der Waals surface area contributed by atoms with Crippen LogP contribution in [0.25, 0.3) is 0 Å². The fourth-order valence-electron chi connectivity index (χ4n) is 0.911. The third kappa shape index (κ3) is 5.13. The maximum atomic E-state index is 5.47. The van der Waals surface area contributed by atoms with Gasteiger partial charge < -0.3 is 9.64 Å². The lowest BCUT2D eigenvalue weighted by atomic mass is 10.4. The predicted octanol–water partition coefficient (Wildman–Crippen LogP) is 0.645. The van der Waals surface area contributed by atoms with E-state index in [-0.39, 0.29) is 0 Å². The molecule has 0 bridgehead atoms. The smallest absolute Gasteiger partial charge is 0.337 e. The molecule has 3 heteroatoms. The van der Waals surface area contributed by atoms with Crippen molar-refractivity contribution in [3.05, 3.63) is 0 Å². The van der Waals surface area contributed by atoms with Crippen LogP contribution in [0.1, 0.15) is 13.3 Å². The number of nitrogens with zero attached hydrogens (tertiary/aromatic N) is 2. The molecule has 0 aliphatic heterocycles. The number of ether oxygens (including phenoxy) is 1. The minimum absolute atomic E-state index is 0.751. The molecule has 0 saturated carbocycles. The van der Waals surface area contributed by atoms with Crippen molar-refractivity contribution in [2.75, 3.05) is 41.3 Å². The summed E-state index contributed by atoms with van der Waals surface area (Å²) >= 11 is 0. The Morgan fingerprint density at radius 1 is 1.33 bits per heavy atom. The molecule has 0 fully saturated rings. The summed E-state index contributed by atoms with van der Waals surface area (Å²) in [6.45, 7) is 3.80. The lowest BCUT2D eigenvalue weighted by Crippen LogP contribution is -2.23. The minimum Gasteiger partial charge on any atom is -0.448 e. The topological polar surface area (TPSA) is 15.5 Å². The first-order valence-electron chi connectivity index (χ1n) is 4.38. The Balaban J connectivity index is 3.90. The maximum absolute atomic E-state index is 5.47. The molecule has 12 heavy (non-hydrogen) atoms. The molecule has 0 aromatic rings. The Morgan fingerprint density at radius 2 is 1.92 bits per heavy atom. The van der Waals surface area contributed by atoms with Gasteiger partial charge in [-0.2, -0.15) is 0 Å². The zero-order valence-corrected chi connectivity index (χ0v) is 8.92. The van der Waals surface area contributed by atoms with Crippen molar-refractivity contribution in [2.24, 2.45) is 0 Å². The van der Waals surface area contributed by atoms with Crippen molar-refractivity contribution >= 4 is 5.90 Å². The second-order valence-electron chi connectivity index (χ2n) is 3.27. The first kappa shape index (κ1) is 11.4. The molecule has 0 radical (unpaired) electrons. The highest BCUT2D eigenvalue weighted by Crippen LogP contribution is 1.90. The van der Waals surface area contributed by atoms with Gasteiger partial charge in [0.2, 0.25) is 0 Å². The largest absolute Gasteiger partial charge is 0.448 e. The van der Waals surface area contributed by atoms with Gasteiger partial charge in [-0.15, -0.1) is 0 Å². The van der Waals surface area contributed by atoms with Gasteiger partial charge in [0.15, 0.2) is 0 Å². The van der Waals surface area contributed by atoms with Crippen LogP contribution < -0.4 is 0 Å². The van der Waals surface area contributed by atoms with Gasteiger partial charge in [-0.1, -0.05) is 0 Å². The molecule has 0 atom stereocenters. The molecule has 0 aromatic heterocycles. The zero-order valence-electron chi connectivity index (χ0n) is 8.92. The molecule has 0 aromatic carbocycles. The van der Waals surface area contributed by atoms with Gasteiger partial charge >= 0.3 is 5.90 Å². The van der Waals surface area contributed by atoms with Crippen molar-refractivity contribution in [1.82, 2.24) is 4.90 Å². The molecular weight excluding hydrogens is 152 g/mol. The molecule has 0 spiro atoms. The van der Waals surface area contributed by atoms with Gasteiger partial charge in [0.1, 0.15) is 14.1 Å². The highest BCUT2D eigenvalue weighted by Gasteiger charge is 2.08. The van der Waals surface area contributed by atoms with Crippen LogP contribution in [0.2, 0.25) is 0 Å². The first-order chi connectivity index (χ1) is 5.57. The molecule has 0 aliphatic rings. The van der Waals surface area contributed by atoms with Crippen molar-refractivity contribution in [3.8, 4) is 0 Å². The van der Waals surface area contributed by atoms with Crippen LogP contribution in [-0.4, -0.2) is 56.7 Å². The summed E-state index contributed by atoms with van der Waals surface area (Å²) in [5.41, 5.74) is 0. The van der Waals surface area contributed by atoms with E-state index in [0.717, 1.165) is 25.5 Å². The van der Waals surface area contributed by atoms with Crippen LogP contribution in [0.15, 0.2) is 0 Å². The fourth-order valence-corrected chi connectivity index (χ4v) is 0.911. The molecule has 0 amide bonds. The van der Waals surface area contributed by atoms with Gasteiger partial charge in [0.05, 0.1) is 13.0 Å².